The third-order valence-electron chi connectivity index (χ3n) is 8.87. The standard InChI is InChI=1S/C33H36Cl2N2O7S/c1-19(2)33(39)42-12-13-45(40,41)18-28(38)20-8-10-23(11-9-20)37-16-22-14-24(37)15-29(22)43-17-25-31(36-44-32(25)21-6-7-21)30-26(34)4-3-5-27(30)35/h3-5,8-11,19,21-22,24,29H,6-7,12-18H2,1-2H3/t22-,24-,29+/m0/s1. The van der Waals surface area contributed by atoms with Crippen LogP contribution in [0.4, 0.5) is 5.69 Å². The van der Waals surface area contributed by atoms with E-state index < -0.39 is 27.3 Å². The SMILES string of the molecule is CC(C)C(=O)OCCS(=O)(=O)CC(=O)c1ccc(N2C[C@@H]3C[C@H]2C[C@H]3OCc2c(-c3c(Cl)cccc3Cl)noc2C2CC2)cc1. The number of esters is 1. The molecule has 0 amide bonds. The van der Waals surface area contributed by atoms with Crippen molar-refractivity contribution in [1.29, 1.82) is 0 Å². The summed E-state index contributed by atoms with van der Waals surface area (Å²) in [5.74, 6) is -0.736. The second-order valence-corrected chi connectivity index (χ2v) is 15.5. The van der Waals surface area contributed by atoms with Crippen molar-refractivity contribution in [3.05, 3.63) is 69.4 Å². The molecule has 1 saturated heterocycles. The van der Waals surface area contributed by atoms with Gasteiger partial charge in [-0.05, 0) is 62.1 Å². The predicted octanol–water partition coefficient (Wildman–Crippen LogP) is 6.51. The molecule has 0 unspecified atom stereocenters. The summed E-state index contributed by atoms with van der Waals surface area (Å²) >= 11 is 13.0. The molecule has 6 rings (SSSR count). The lowest BCUT2D eigenvalue weighted by Crippen LogP contribution is -2.38. The molecule has 3 fully saturated rings. The number of fused-ring (bicyclic) bond motifs is 2. The number of benzene rings is 2. The monoisotopic (exact) mass is 674 g/mol. The number of Topliss-reactive ketones (excluding diaryl/α,β-unsaturated/α-hetero) is 1. The fourth-order valence-electron chi connectivity index (χ4n) is 6.30. The number of hydrogen-bond acceptors (Lipinski definition) is 9. The Hall–Kier alpha value is -2.92. The van der Waals surface area contributed by atoms with Crippen LogP contribution in [0.15, 0.2) is 47.0 Å². The molecule has 1 aromatic heterocycles. The fourth-order valence-corrected chi connectivity index (χ4v) is 7.92. The Balaban J connectivity index is 1.04. The van der Waals surface area contributed by atoms with E-state index in [9.17, 15) is 18.0 Å². The van der Waals surface area contributed by atoms with Crippen molar-refractivity contribution in [2.45, 2.75) is 64.2 Å². The van der Waals surface area contributed by atoms with Gasteiger partial charge in [-0.25, -0.2) is 8.42 Å². The minimum absolute atomic E-state index is 0.0913. The van der Waals surface area contributed by atoms with E-state index in [0.29, 0.717) is 51.4 Å². The van der Waals surface area contributed by atoms with Crippen LogP contribution < -0.4 is 4.90 Å². The summed E-state index contributed by atoms with van der Waals surface area (Å²) in [6.45, 7) is 4.28. The normalized spacial score (nSPS) is 21.1. The van der Waals surface area contributed by atoms with E-state index in [1.807, 2.05) is 12.1 Å². The maximum atomic E-state index is 12.7. The first-order valence-corrected chi connectivity index (χ1v) is 17.9. The molecule has 0 N–H and O–H groups in total. The highest BCUT2D eigenvalue weighted by Gasteiger charge is 2.46. The molecular formula is C33H36Cl2N2O7S. The number of ether oxygens (including phenoxy) is 2. The molecule has 1 aliphatic heterocycles. The lowest BCUT2D eigenvalue weighted by molar-refractivity contribution is -0.146. The minimum Gasteiger partial charge on any atom is -0.464 e. The molecule has 0 radical (unpaired) electrons. The number of carbonyl (C=O) groups is 2. The molecule has 2 bridgehead atoms. The maximum absolute atomic E-state index is 12.7. The van der Waals surface area contributed by atoms with E-state index in [0.717, 1.165) is 49.2 Å². The second kappa shape index (κ2) is 13.1. The quantitative estimate of drug-likeness (QED) is 0.148. The van der Waals surface area contributed by atoms with Crippen LogP contribution in [0, 0.1) is 11.8 Å². The maximum Gasteiger partial charge on any atom is 0.308 e. The predicted molar refractivity (Wildman–Crippen MR) is 172 cm³/mol. The van der Waals surface area contributed by atoms with E-state index in [1.54, 1.807) is 44.2 Å². The van der Waals surface area contributed by atoms with Crippen molar-refractivity contribution in [2.75, 3.05) is 29.6 Å². The van der Waals surface area contributed by atoms with Gasteiger partial charge in [0.15, 0.2) is 15.6 Å². The number of nitrogens with zero attached hydrogens (tertiary/aromatic N) is 2. The molecule has 3 aromatic rings. The van der Waals surface area contributed by atoms with Gasteiger partial charge in [0.25, 0.3) is 0 Å². The van der Waals surface area contributed by atoms with E-state index in [4.69, 9.17) is 37.2 Å². The topological polar surface area (TPSA) is 116 Å². The molecular weight excluding hydrogens is 639 g/mol. The molecule has 3 aliphatic rings. The zero-order valence-electron chi connectivity index (χ0n) is 25.2. The number of carbonyl (C=O) groups excluding carboxylic acids is 2. The van der Waals surface area contributed by atoms with Crippen LogP contribution in [-0.2, 0) is 30.7 Å². The zero-order chi connectivity index (χ0) is 31.9. The van der Waals surface area contributed by atoms with E-state index in [2.05, 4.69) is 10.1 Å². The van der Waals surface area contributed by atoms with Gasteiger partial charge in [0.05, 0.1) is 34.4 Å². The molecule has 2 saturated carbocycles. The molecule has 0 spiro atoms. The number of rotatable bonds is 13. The number of anilines is 1. The van der Waals surface area contributed by atoms with Crippen molar-refractivity contribution in [3.8, 4) is 11.3 Å². The molecule has 240 valence electrons. The van der Waals surface area contributed by atoms with Gasteiger partial charge in [-0.2, -0.15) is 0 Å². The van der Waals surface area contributed by atoms with Crippen molar-refractivity contribution in [3.63, 3.8) is 0 Å². The fraction of sp³-hybridized carbons (Fsp3) is 0.485. The number of halogens is 2. The Kier molecular flexibility index (Phi) is 9.30. The van der Waals surface area contributed by atoms with Crippen LogP contribution in [-0.4, -0.2) is 62.1 Å². The molecule has 9 nitrogen and oxygen atoms in total. The Morgan fingerprint density at radius 1 is 1.07 bits per heavy atom. The Morgan fingerprint density at radius 3 is 2.40 bits per heavy atom. The average Bonchev–Trinajstić information content (AvgIpc) is 3.44. The molecule has 2 aliphatic carbocycles. The van der Waals surface area contributed by atoms with Gasteiger partial charge >= 0.3 is 5.97 Å². The van der Waals surface area contributed by atoms with E-state index >= 15 is 0 Å². The Bertz CT molecular complexity index is 1660. The molecule has 3 atom stereocenters. The van der Waals surface area contributed by atoms with Gasteiger partial charge in [-0.1, -0.05) is 48.3 Å². The van der Waals surface area contributed by atoms with Gasteiger partial charge < -0.3 is 18.9 Å². The summed E-state index contributed by atoms with van der Waals surface area (Å²) in [4.78, 5) is 26.6. The average molecular weight is 676 g/mol. The second-order valence-electron chi connectivity index (χ2n) is 12.5. The molecule has 12 heteroatoms. The number of hydrogen-bond donors (Lipinski definition) is 0. The van der Waals surface area contributed by atoms with Gasteiger partial charge in [0.2, 0.25) is 0 Å². The molecule has 45 heavy (non-hydrogen) atoms. The van der Waals surface area contributed by atoms with Crippen molar-refractivity contribution in [2.24, 2.45) is 11.8 Å². The lowest BCUT2D eigenvalue weighted by Gasteiger charge is -2.33. The Labute approximate surface area is 273 Å². The van der Waals surface area contributed by atoms with Crippen LogP contribution in [0.1, 0.15) is 67.1 Å². The van der Waals surface area contributed by atoms with Crippen LogP contribution >= 0.6 is 23.2 Å². The van der Waals surface area contributed by atoms with E-state index in [-0.39, 0.29) is 24.4 Å². The van der Waals surface area contributed by atoms with Gasteiger partial charge in [0.1, 0.15) is 23.8 Å². The minimum atomic E-state index is -3.71. The largest absolute Gasteiger partial charge is 0.464 e. The summed E-state index contributed by atoms with van der Waals surface area (Å²) in [6.07, 6.45) is 4.10. The van der Waals surface area contributed by atoms with Gasteiger partial charge in [-0.15, -0.1) is 0 Å². The third kappa shape index (κ3) is 7.09. The van der Waals surface area contributed by atoms with Crippen LogP contribution in [0.25, 0.3) is 11.3 Å². The summed E-state index contributed by atoms with van der Waals surface area (Å²) in [5, 5.41) is 5.41. The number of aromatic nitrogens is 1. The first-order valence-electron chi connectivity index (χ1n) is 15.3. The summed E-state index contributed by atoms with van der Waals surface area (Å²) in [7, 11) is -3.71. The van der Waals surface area contributed by atoms with Crippen molar-refractivity contribution in [1.82, 2.24) is 5.16 Å². The number of ketones is 1. The van der Waals surface area contributed by atoms with Crippen LogP contribution in [0.5, 0.6) is 0 Å². The number of sulfone groups is 1. The highest BCUT2D eigenvalue weighted by atomic mass is 35.5. The van der Waals surface area contributed by atoms with Gasteiger partial charge in [0, 0.05) is 46.8 Å². The first kappa shape index (κ1) is 32.0. The first-order chi connectivity index (χ1) is 21.5. The van der Waals surface area contributed by atoms with E-state index in [1.165, 1.54) is 0 Å². The number of piperidine rings is 1. The molecule has 2 heterocycles. The van der Waals surface area contributed by atoms with Crippen molar-refractivity contribution < 1.29 is 32.0 Å². The summed E-state index contributed by atoms with van der Waals surface area (Å²) < 4.78 is 42.1. The summed E-state index contributed by atoms with van der Waals surface area (Å²) in [6, 6.07) is 12.8. The van der Waals surface area contributed by atoms with Crippen LogP contribution in [0.3, 0.4) is 0 Å². The zero-order valence-corrected chi connectivity index (χ0v) is 27.5. The van der Waals surface area contributed by atoms with Crippen molar-refractivity contribution >= 4 is 50.5 Å². The summed E-state index contributed by atoms with van der Waals surface area (Å²) in [5.41, 5.74) is 3.56. The van der Waals surface area contributed by atoms with Gasteiger partial charge in [-0.3, -0.25) is 9.59 Å². The highest BCUT2D eigenvalue weighted by molar-refractivity contribution is 7.92. The lowest BCUT2D eigenvalue weighted by atomic mass is 10.0. The molecule has 2 aromatic carbocycles. The highest BCUT2D eigenvalue weighted by Crippen LogP contribution is 2.47. The smallest absolute Gasteiger partial charge is 0.308 e. The van der Waals surface area contributed by atoms with Crippen LogP contribution in [0.2, 0.25) is 10.0 Å². The Morgan fingerprint density at radius 2 is 1.78 bits per heavy atom. The third-order valence-corrected chi connectivity index (χ3v) is 11.0.